The van der Waals surface area contributed by atoms with Crippen LogP contribution in [0.25, 0.3) is 6.08 Å². The Hall–Kier alpha value is -2.82. The van der Waals surface area contributed by atoms with Crippen LogP contribution in [0.3, 0.4) is 0 Å². The van der Waals surface area contributed by atoms with Crippen LogP contribution < -0.4 is 10.6 Å². The fourth-order valence-corrected chi connectivity index (χ4v) is 2.18. The predicted octanol–water partition coefficient (Wildman–Crippen LogP) is 3.14. The van der Waals surface area contributed by atoms with E-state index in [0.717, 1.165) is 5.56 Å². The van der Waals surface area contributed by atoms with Gasteiger partial charge in [0, 0.05) is 19.2 Å². The van der Waals surface area contributed by atoms with Crippen molar-refractivity contribution in [2.75, 3.05) is 13.1 Å². The number of furan rings is 1. The Kier molecular flexibility index (Phi) is 6.17. The fraction of sp³-hybridized carbons (Fsp3) is 0.300. The standard InChI is InChI=1S/C20H24N2O3/c1-20(2,3)16-9-6-15(7-10-16)8-11-18(23)21-12-13-22-19(24)17-5-4-14-25-17/h4-11,14H,12-13H2,1-3H3,(H,21,23)(H,22,24)/b11-8+. The van der Waals surface area contributed by atoms with Crippen LogP contribution >= 0.6 is 0 Å². The molecule has 1 aromatic carbocycles. The maximum Gasteiger partial charge on any atom is 0.287 e. The van der Waals surface area contributed by atoms with Gasteiger partial charge in [0.2, 0.25) is 5.91 Å². The number of nitrogens with one attached hydrogen (secondary N) is 2. The largest absolute Gasteiger partial charge is 0.459 e. The van der Waals surface area contributed by atoms with E-state index >= 15 is 0 Å². The summed E-state index contributed by atoms with van der Waals surface area (Å²) in [7, 11) is 0. The van der Waals surface area contributed by atoms with Crippen LogP contribution in [0, 0.1) is 0 Å². The van der Waals surface area contributed by atoms with Crippen molar-refractivity contribution in [3.8, 4) is 0 Å². The van der Waals surface area contributed by atoms with Crippen LogP contribution in [-0.2, 0) is 10.2 Å². The first-order valence-electron chi connectivity index (χ1n) is 8.24. The third kappa shape index (κ3) is 5.95. The highest BCUT2D eigenvalue weighted by molar-refractivity contribution is 5.92. The molecule has 5 heteroatoms. The van der Waals surface area contributed by atoms with Crippen molar-refractivity contribution in [2.24, 2.45) is 0 Å². The normalized spacial score (nSPS) is 11.5. The van der Waals surface area contributed by atoms with Crippen LogP contribution in [0.4, 0.5) is 0 Å². The van der Waals surface area contributed by atoms with Crippen molar-refractivity contribution in [2.45, 2.75) is 26.2 Å². The number of amides is 2. The summed E-state index contributed by atoms with van der Waals surface area (Å²) in [6.07, 6.45) is 4.69. The summed E-state index contributed by atoms with van der Waals surface area (Å²) in [6, 6.07) is 11.4. The molecule has 2 aromatic rings. The van der Waals surface area contributed by atoms with Crippen molar-refractivity contribution in [1.29, 1.82) is 0 Å². The van der Waals surface area contributed by atoms with E-state index in [2.05, 4.69) is 43.5 Å². The Bertz CT molecular complexity index is 723. The number of hydrogen-bond acceptors (Lipinski definition) is 3. The minimum Gasteiger partial charge on any atom is -0.459 e. The zero-order chi connectivity index (χ0) is 18.3. The molecule has 0 unspecified atom stereocenters. The van der Waals surface area contributed by atoms with Crippen molar-refractivity contribution in [1.82, 2.24) is 10.6 Å². The molecule has 1 heterocycles. The molecule has 0 aliphatic heterocycles. The zero-order valence-electron chi connectivity index (χ0n) is 14.8. The van der Waals surface area contributed by atoms with E-state index in [1.807, 2.05) is 12.1 Å². The Balaban J connectivity index is 1.72. The summed E-state index contributed by atoms with van der Waals surface area (Å²) < 4.78 is 4.98. The first-order valence-corrected chi connectivity index (χ1v) is 8.24. The number of carbonyl (C=O) groups excluding carboxylic acids is 2. The van der Waals surface area contributed by atoms with Crippen LogP contribution in [0.1, 0.15) is 42.5 Å². The SMILES string of the molecule is CC(C)(C)c1ccc(/C=C/C(=O)NCCNC(=O)c2ccco2)cc1. The molecule has 0 radical (unpaired) electrons. The molecule has 0 bridgehead atoms. The second-order valence-corrected chi connectivity index (χ2v) is 6.73. The second kappa shape index (κ2) is 8.33. The van der Waals surface area contributed by atoms with E-state index < -0.39 is 0 Å². The minimum absolute atomic E-state index is 0.111. The highest BCUT2D eigenvalue weighted by atomic mass is 16.3. The fourth-order valence-electron chi connectivity index (χ4n) is 2.18. The zero-order valence-corrected chi connectivity index (χ0v) is 14.8. The van der Waals surface area contributed by atoms with Crippen LogP contribution in [0.2, 0.25) is 0 Å². The van der Waals surface area contributed by atoms with Crippen molar-refractivity contribution in [3.63, 3.8) is 0 Å². The number of hydrogen-bond donors (Lipinski definition) is 2. The molecule has 0 spiro atoms. The van der Waals surface area contributed by atoms with E-state index in [1.54, 1.807) is 18.2 Å². The summed E-state index contributed by atoms with van der Waals surface area (Å²) in [5.74, 6) is -0.245. The number of carbonyl (C=O) groups is 2. The molecule has 0 aliphatic rings. The van der Waals surface area contributed by atoms with Gasteiger partial charge in [0.15, 0.2) is 5.76 Å². The Morgan fingerprint density at radius 3 is 2.32 bits per heavy atom. The van der Waals surface area contributed by atoms with Crippen molar-refractivity contribution in [3.05, 3.63) is 65.6 Å². The topological polar surface area (TPSA) is 71.3 Å². The molecule has 0 atom stereocenters. The summed E-state index contributed by atoms with van der Waals surface area (Å²) in [4.78, 5) is 23.4. The van der Waals surface area contributed by atoms with Crippen molar-refractivity contribution >= 4 is 17.9 Å². The summed E-state index contributed by atoms with van der Waals surface area (Å²) in [5, 5.41) is 5.38. The highest BCUT2D eigenvalue weighted by Gasteiger charge is 2.12. The summed E-state index contributed by atoms with van der Waals surface area (Å²) in [5.41, 5.74) is 2.33. The molecular weight excluding hydrogens is 316 g/mol. The monoisotopic (exact) mass is 340 g/mol. The molecule has 25 heavy (non-hydrogen) atoms. The Labute approximate surface area is 148 Å². The highest BCUT2D eigenvalue weighted by Crippen LogP contribution is 2.22. The van der Waals surface area contributed by atoms with Crippen molar-refractivity contribution < 1.29 is 14.0 Å². The molecular formula is C20H24N2O3. The first-order chi connectivity index (χ1) is 11.9. The molecule has 1 aromatic heterocycles. The van der Waals surface area contributed by atoms with E-state index in [9.17, 15) is 9.59 Å². The van der Waals surface area contributed by atoms with Crippen LogP contribution in [-0.4, -0.2) is 24.9 Å². The third-order valence-corrected chi connectivity index (χ3v) is 3.66. The molecule has 2 N–H and O–H groups in total. The maximum absolute atomic E-state index is 11.8. The van der Waals surface area contributed by atoms with Gasteiger partial charge in [-0.15, -0.1) is 0 Å². The number of benzene rings is 1. The molecule has 0 fully saturated rings. The lowest BCUT2D eigenvalue weighted by Crippen LogP contribution is -2.33. The molecule has 2 amide bonds. The minimum atomic E-state index is -0.297. The Morgan fingerprint density at radius 1 is 1.04 bits per heavy atom. The van der Waals surface area contributed by atoms with Crippen LogP contribution in [0.5, 0.6) is 0 Å². The summed E-state index contributed by atoms with van der Waals surface area (Å²) >= 11 is 0. The van der Waals surface area contributed by atoms with Gasteiger partial charge >= 0.3 is 0 Å². The van der Waals surface area contributed by atoms with Gasteiger partial charge in [-0.1, -0.05) is 45.0 Å². The average Bonchev–Trinajstić information content (AvgIpc) is 3.11. The van der Waals surface area contributed by atoms with Crippen LogP contribution in [0.15, 0.2) is 53.2 Å². The quantitative estimate of drug-likeness (QED) is 0.627. The third-order valence-electron chi connectivity index (χ3n) is 3.66. The number of rotatable bonds is 6. The lowest BCUT2D eigenvalue weighted by atomic mass is 9.87. The predicted molar refractivity (Wildman–Crippen MR) is 98.2 cm³/mol. The van der Waals surface area contributed by atoms with Gasteiger partial charge in [-0.3, -0.25) is 9.59 Å². The first kappa shape index (κ1) is 18.5. The van der Waals surface area contributed by atoms with Gasteiger partial charge in [-0.05, 0) is 34.8 Å². The van der Waals surface area contributed by atoms with E-state index in [4.69, 9.17) is 4.42 Å². The van der Waals surface area contributed by atoms with Gasteiger partial charge in [-0.25, -0.2) is 0 Å². The van der Waals surface area contributed by atoms with Gasteiger partial charge in [0.25, 0.3) is 5.91 Å². The molecule has 0 aliphatic carbocycles. The second-order valence-electron chi connectivity index (χ2n) is 6.73. The molecule has 5 nitrogen and oxygen atoms in total. The van der Waals surface area contributed by atoms with Gasteiger partial charge in [-0.2, -0.15) is 0 Å². The lowest BCUT2D eigenvalue weighted by molar-refractivity contribution is -0.116. The smallest absolute Gasteiger partial charge is 0.287 e. The molecule has 0 saturated carbocycles. The van der Waals surface area contributed by atoms with E-state index in [-0.39, 0.29) is 23.0 Å². The van der Waals surface area contributed by atoms with E-state index in [1.165, 1.54) is 17.9 Å². The lowest BCUT2D eigenvalue weighted by Gasteiger charge is -2.18. The molecule has 2 rings (SSSR count). The van der Waals surface area contributed by atoms with Gasteiger partial charge in [0.05, 0.1) is 6.26 Å². The maximum atomic E-state index is 11.8. The summed E-state index contributed by atoms with van der Waals surface area (Å²) in [6.45, 7) is 7.17. The van der Waals surface area contributed by atoms with Gasteiger partial charge in [0.1, 0.15) is 0 Å². The average molecular weight is 340 g/mol. The Morgan fingerprint density at radius 2 is 1.72 bits per heavy atom. The molecule has 132 valence electrons. The van der Waals surface area contributed by atoms with Gasteiger partial charge < -0.3 is 15.1 Å². The molecule has 0 saturated heterocycles. The van der Waals surface area contributed by atoms with E-state index in [0.29, 0.717) is 13.1 Å².